The molecule has 5 heteroatoms. The van der Waals surface area contributed by atoms with E-state index < -0.39 is 15.2 Å². The lowest BCUT2D eigenvalue weighted by molar-refractivity contribution is 0.426. The molecule has 0 aliphatic carbocycles. The Labute approximate surface area is 97.5 Å². The van der Waals surface area contributed by atoms with Crippen LogP contribution < -0.4 is 10.6 Å². The van der Waals surface area contributed by atoms with Gasteiger partial charge in [-0.1, -0.05) is 31.8 Å². The third-order valence-corrected chi connectivity index (χ3v) is 4.62. The Bertz CT molecular complexity index is 447. The molecular weight excluding hydrogens is 217 g/mol. The molecule has 0 heterocycles. The van der Waals surface area contributed by atoms with E-state index in [1.165, 1.54) is 0 Å². The van der Waals surface area contributed by atoms with E-state index in [-0.39, 0.29) is 0 Å². The van der Waals surface area contributed by atoms with Crippen LogP contribution in [0.4, 0.5) is 0 Å². The van der Waals surface area contributed by atoms with E-state index in [4.69, 9.17) is 0 Å². The number of hydrogen-bond donors (Lipinski definition) is 2. The first-order valence-corrected chi connectivity index (χ1v) is 8.69. The van der Waals surface area contributed by atoms with Crippen molar-refractivity contribution >= 4 is 25.8 Å². The van der Waals surface area contributed by atoms with Crippen LogP contribution in [0.25, 0.3) is 0 Å². The minimum atomic E-state index is -1.78. The smallest absolute Gasteiger partial charge is 0.423 e. The molecule has 0 aliphatic heterocycles. The molecule has 0 aliphatic rings. The van der Waals surface area contributed by atoms with E-state index in [0.717, 1.165) is 10.8 Å². The lowest BCUT2D eigenvalue weighted by Crippen LogP contribution is -2.54. The van der Waals surface area contributed by atoms with Gasteiger partial charge in [0.25, 0.3) is 0 Å². The zero-order valence-electron chi connectivity index (χ0n) is 10.1. The molecule has 3 nitrogen and oxygen atoms in total. The monoisotopic (exact) mass is 233 g/mol. The summed E-state index contributed by atoms with van der Waals surface area (Å²) in [5.41, 5.74) is 1.97. The zero-order chi connectivity index (χ0) is 12.5. The largest absolute Gasteiger partial charge is 0.488 e. The Kier molecular flexibility index (Phi) is 3.58. The minimum Gasteiger partial charge on any atom is -0.423 e. The number of aryl methyl sites for hydroxylation is 1. The summed E-state index contributed by atoms with van der Waals surface area (Å²) >= 11 is 0. The predicted octanol–water partition coefficient (Wildman–Crippen LogP) is 0.0917. The van der Waals surface area contributed by atoms with Gasteiger partial charge in [0.05, 0.1) is 19.7 Å². The molecule has 84 valence electrons. The van der Waals surface area contributed by atoms with Crippen LogP contribution in [0.2, 0.25) is 19.6 Å². The summed E-state index contributed by atoms with van der Waals surface area (Å²) in [5, 5.41) is 28.7. The average Bonchev–Trinajstić information content (AvgIpc) is 2.15. The maximum absolute atomic E-state index is 9.35. The van der Waals surface area contributed by atoms with Crippen molar-refractivity contribution in [2.75, 3.05) is 0 Å². The third-order valence-electron chi connectivity index (χ3n) is 2.59. The lowest BCUT2D eigenvalue weighted by atomic mass is 9.79. The normalized spacial score (nSPS) is 11.1. The maximum atomic E-state index is 9.35. The molecule has 0 saturated heterocycles. The fourth-order valence-corrected chi connectivity index (χ4v) is 3.97. The molecule has 1 rings (SSSR count). The second-order valence-electron chi connectivity index (χ2n) is 4.96. The summed E-state index contributed by atoms with van der Waals surface area (Å²) < 4.78 is 0. The highest BCUT2D eigenvalue weighted by molar-refractivity contribution is 6.92. The van der Waals surface area contributed by atoms with Crippen LogP contribution in [0.5, 0.6) is 0 Å². The van der Waals surface area contributed by atoms with Crippen molar-refractivity contribution in [2.24, 2.45) is 0 Å². The second kappa shape index (κ2) is 4.42. The standard InChI is InChI=1S/C11H16BNO2Si/c1-8-5-6-10(12(14)15)11(9(8)7-13)16(2,3)4/h5-6,14-15H,1-4H3. The maximum Gasteiger partial charge on any atom is 0.488 e. The predicted molar refractivity (Wildman–Crippen MR) is 68.7 cm³/mol. The van der Waals surface area contributed by atoms with Gasteiger partial charge in [0.15, 0.2) is 0 Å². The van der Waals surface area contributed by atoms with Crippen LogP contribution in [0, 0.1) is 18.3 Å². The Balaban J connectivity index is 3.63. The first kappa shape index (κ1) is 13.0. The second-order valence-corrected chi connectivity index (χ2v) is 9.96. The minimum absolute atomic E-state index is 0.473. The van der Waals surface area contributed by atoms with Crippen LogP contribution >= 0.6 is 0 Å². The molecule has 2 N–H and O–H groups in total. The molecule has 0 radical (unpaired) electrons. The van der Waals surface area contributed by atoms with Crippen molar-refractivity contribution in [3.63, 3.8) is 0 Å². The van der Waals surface area contributed by atoms with Gasteiger partial charge in [-0.25, -0.2) is 0 Å². The zero-order valence-corrected chi connectivity index (χ0v) is 11.1. The van der Waals surface area contributed by atoms with Crippen LogP contribution in [0.15, 0.2) is 12.1 Å². The molecule has 16 heavy (non-hydrogen) atoms. The average molecular weight is 233 g/mol. The third kappa shape index (κ3) is 2.35. The van der Waals surface area contributed by atoms with Crippen molar-refractivity contribution in [1.82, 2.24) is 0 Å². The highest BCUT2D eigenvalue weighted by Crippen LogP contribution is 2.09. The number of benzene rings is 1. The summed E-state index contributed by atoms with van der Waals surface area (Å²) in [6.45, 7) is 8.15. The first-order valence-electron chi connectivity index (χ1n) is 5.19. The Hall–Kier alpha value is -1.09. The van der Waals surface area contributed by atoms with Gasteiger partial charge in [0.2, 0.25) is 0 Å². The fourth-order valence-electron chi connectivity index (χ4n) is 1.89. The number of hydrogen-bond acceptors (Lipinski definition) is 3. The molecule has 0 unspecified atom stereocenters. The number of nitrogens with zero attached hydrogens (tertiary/aromatic N) is 1. The van der Waals surface area contributed by atoms with Gasteiger partial charge < -0.3 is 10.0 Å². The van der Waals surface area contributed by atoms with Gasteiger partial charge in [-0.2, -0.15) is 5.26 Å². The molecule has 0 atom stereocenters. The van der Waals surface area contributed by atoms with E-state index in [9.17, 15) is 15.3 Å². The summed E-state index contributed by atoms with van der Waals surface area (Å²) in [6, 6.07) is 5.64. The van der Waals surface area contributed by atoms with Gasteiger partial charge in [0, 0.05) is 0 Å². The summed E-state index contributed by atoms with van der Waals surface area (Å²) in [6.07, 6.45) is 0. The van der Waals surface area contributed by atoms with Crippen LogP contribution in [-0.2, 0) is 0 Å². The summed E-state index contributed by atoms with van der Waals surface area (Å²) in [5.74, 6) is 0. The van der Waals surface area contributed by atoms with Crippen molar-refractivity contribution in [3.8, 4) is 6.07 Å². The van der Waals surface area contributed by atoms with E-state index >= 15 is 0 Å². The molecule has 0 spiro atoms. The topological polar surface area (TPSA) is 64.2 Å². The van der Waals surface area contributed by atoms with Crippen molar-refractivity contribution in [2.45, 2.75) is 26.6 Å². The molecule has 1 aromatic carbocycles. The van der Waals surface area contributed by atoms with Gasteiger partial charge >= 0.3 is 7.12 Å². The van der Waals surface area contributed by atoms with E-state index in [1.807, 2.05) is 6.92 Å². The van der Waals surface area contributed by atoms with E-state index in [2.05, 4.69) is 25.7 Å². The summed E-state index contributed by atoms with van der Waals surface area (Å²) in [4.78, 5) is 0. The lowest BCUT2D eigenvalue weighted by Gasteiger charge is -2.23. The molecule has 0 amide bonds. The summed E-state index contributed by atoms with van der Waals surface area (Å²) in [7, 11) is -3.29. The van der Waals surface area contributed by atoms with Crippen molar-refractivity contribution < 1.29 is 10.0 Å². The molecule has 0 bridgehead atoms. The molecule has 1 aromatic rings. The van der Waals surface area contributed by atoms with Crippen LogP contribution in [0.3, 0.4) is 0 Å². The van der Waals surface area contributed by atoms with Gasteiger partial charge in [-0.05, 0) is 23.1 Å². The van der Waals surface area contributed by atoms with E-state index in [0.29, 0.717) is 11.0 Å². The quantitative estimate of drug-likeness (QED) is 0.711. The fraction of sp³-hybridized carbons (Fsp3) is 0.364. The van der Waals surface area contributed by atoms with Gasteiger partial charge in [-0.3, -0.25) is 0 Å². The number of nitriles is 1. The molecule has 0 saturated carbocycles. The van der Waals surface area contributed by atoms with E-state index in [1.54, 1.807) is 12.1 Å². The van der Waals surface area contributed by atoms with Crippen molar-refractivity contribution in [1.29, 1.82) is 5.26 Å². The van der Waals surface area contributed by atoms with Crippen LogP contribution in [0.1, 0.15) is 11.1 Å². The van der Waals surface area contributed by atoms with Gasteiger partial charge in [-0.15, -0.1) is 0 Å². The Morgan fingerprint density at radius 1 is 1.25 bits per heavy atom. The van der Waals surface area contributed by atoms with Gasteiger partial charge in [0.1, 0.15) is 0 Å². The molecule has 0 fully saturated rings. The first-order chi connectivity index (χ1) is 7.29. The Morgan fingerprint density at radius 3 is 2.19 bits per heavy atom. The molecule has 0 aromatic heterocycles. The Morgan fingerprint density at radius 2 is 1.81 bits per heavy atom. The van der Waals surface area contributed by atoms with Crippen molar-refractivity contribution in [3.05, 3.63) is 23.3 Å². The van der Waals surface area contributed by atoms with Crippen LogP contribution in [-0.4, -0.2) is 25.2 Å². The highest BCUT2D eigenvalue weighted by Gasteiger charge is 2.29. The highest BCUT2D eigenvalue weighted by atomic mass is 28.3. The number of rotatable bonds is 2. The SMILES string of the molecule is Cc1ccc(B(O)O)c([Si](C)(C)C)c1C#N. The molecular formula is C11H16BNO2Si.